The van der Waals surface area contributed by atoms with E-state index in [2.05, 4.69) is 25.6 Å². The van der Waals surface area contributed by atoms with E-state index in [1.165, 1.54) is 6.92 Å². The van der Waals surface area contributed by atoms with Gasteiger partial charge in [0, 0.05) is 43.5 Å². The van der Waals surface area contributed by atoms with E-state index in [-0.39, 0.29) is 0 Å². The third-order valence-electron chi connectivity index (χ3n) is 5.01. The Hall–Kier alpha value is -2.61. The van der Waals surface area contributed by atoms with Crippen molar-refractivity contribution in [2.75, 3.05) is 38.2 Å². The van der Waals surface area contributed by atoms with Crippen molar-refractivity contribution < 1.29 is 13.9 Å². The van der Waals surface area contributed by atoms with Crippen LogP contribution in [-0.4, -0.2) is 63.6 Å². The second-order valence-corrected chi connectivity index (χ2v) is 8.83. The number of hydrogen-bond donors (Lipinski definition) is 1. The van der Waals surface area contributed by atoms with Crippen molar-refractivity contribution >= 4 is 20.6 Å². The maximum absolute atomic E-state index is 13.6. The summed E-state index contributed by atoms with van der Waals surface area (Å²) in [4.78, 5) is 4.04. The number of rotatable bonds is 9. The predicted molar refractivity (Wildman–Crippen MR) is 125 cm³/mol. The van der Waals surface area contributed by atoms with Crippen molar-refractivity contribution in [3.05, 3.63) is 48.5 Å². The highest BCUT2D eigenvalue weighted by Crippen LogP contribution is 2.30. The topological polar surface area (TPSA) is 77.3 Å². The molecule has 2 unspecified atom stereocenters. The van der Waals surface area contributed by atoms with E-state index in [9.17, 15) is 4.39 Å². The molecule has 2 heterocycles. The molecule has 2 atom stereocenters. The quantitative estimate of drug-likeness (QED) is 0.490. The Morgan fingerprint density at radius 3 is 2.62 bits per heavy atom. The molecule has 170 valence electrons. The smallest absolute Gasteiger partial charge is 0.256 e. The summed E-state index contributed by atoms with van der Waals surface area (Å²) in [5.41, 5.74) is 0.748. The summed E-state index contributed by atoms with van der Waals surface area (Å²) >= 11 is 0. The van der Waals surface area contributed by atoms with E-state index in [1.807, 2.05) is 45.6 Å². The van der Waals surface area contributed by atoms with E-state index in [0.717, 1.165) is 56.2 Å². The van der Waals surface area contributed by atoms with Crippen molar-refractivity contribution in [3.8, 4) is 17.1 Å². The third-order valence-corrected chi connectivity index (χ3v) is 5.13. The van der Waals surface area contributed by atoms with Gasteiger partial charge in [-0.05, 0) is 48.0 Å². The molecule has 4 rings (SSSR count). The SMILES string of the molecule is CC(F)(P)Oc1ccc(Nc2ccccc2-c2nnn(CCCN3CCOCC3)n2)cc1. The van der Waals surface area contributed by atoms with Crippen LogP contribution in [0.2, 0.25) is 0 Å². The molecular weight excluding hydrogens is 430 g/mol. The first kappa shape index (κ1) is 22.6. The molecule has 1 saturated heterocycles. The maximum Gasteiger partial charge on any atom is 0.256 e. The van der Waals surface area contributed by atoms with Crippen LogP contribution >= 0.6 is 9.24 Å². The first-order chi connectivity index (χ1) is 15.5. The lowest BCUT2D eigenvalue weighted by Gasteiger charge is -2.26. The molecule has 0 bridgehead atoms. The third kappa shape index (κ3) is 6.45. The summed E-state index contributed by atoms with van der Waals surface area (Å²) in [6.45, 7) is 6.61. The molecule has 0 radical (unpaired) electrons. The second kappa shape index (κ2) is 10.3. The lowest BCUT2D eigenvalue weighted by Crippen LogP contribution is -2.37. The van der Waals surface area contributed by atoms with Gasteiger partial charge in [0.05, 0.1) is 19.8 Å². The molecule has 8 nitrogen and oxygen atoms in total. The fourth-order valence-corrected chi connectivity index (χ4v) is 3.62. The van der Waals surface area contributed by atoms with Crippen molar-refractivity contribution in [2.45, 2.75) is 25.5 Å². The zero-order chi connectivity index (χ0) is 22.4. The van der Waals surface area contributed by atoms with Gasteiger partial charge in [-0.25, -0.2) is 0 Å². The average Bonchev–Trinajstić information content (AvgIpc) is 3.24. The van der Waals surface area contributed by atoms with Gasteiger partial charge in [0.15, 0.2) is 0 Å². The van der Waals surface area contributed by atoms with E-state index in [1.54, 1.807) is 16.9 Å². The average molecular weight is 458 g/mol. The Morgan fingerprint density at radius 2 is 1.88 bits per heavy atom. The van der Waals surface area contributed by atoms with Gasteiger partial charge in [-0.15, -0.1) is 10.2 Å². The van der Waals surface area contributed by atoms with Crippen LogP contribution in [0.3, 0.4) is 0 Å². The molecular formula is C22H28FN6O2P. The van der Waals surface area contributed by atoms with Crippen LogP contribution < -0.4 is 10.1 Å². The minimum absolute atomic E-state index is 0.450. The highest BCUT2D eigenvalue weighted by Gasteiger charge is 2.17. The standard InChI is InChI=1S/C22H28FN6O2P/c1-22(23,32)31-18-9-7-17(8-10-18)24-20-6-3-2-5-19(20)21-25-27-29(26-21)12-4-11-28-13-15-30-16-14-28/h2-3,5-10,24H,4,11-16,32H2,1H3. The molecule has 0 aliphatic carbocycles. The maximum atomic E-state index is 13.6. The minimum Gasteiger partial charge on any atom is -0.455 e. The number of para-hydroxylation sites is 1. The number of tetrazole rings is 1. The van der Waals surface area contributed by atoms with Gasteiger partial charge in [0.1, 0.15) is 5.75 Å². The summed E-state index contributed by atoms with van der Waals surface area (Å²) in [6.07, 6.45) is 0.957. The lowest BCUT2D eigenvalue weighted by molar-refractivity contribution is 0.0366. The van der Waals surface area contributed by atoms with Gasteiger partial charge in [0.25, 0.3) is 5.60 Å². The van der Waals surface area contributed by atoms with Gasteiger partial charge >= 0.3 is 0 Å². The number of nitrogens with one attached hydrogen (secondary N) is 1. The zero-order valence-corrected chi connectivity index (χ0v) is 19.2. The molecule has 1 fully saturated rings. The van der Waals surface area contributed by atoms with Crippen molar-refractivity contribution in [1.29, 1.82) is 0 Å². The van der Waals surface area contributed by atoms with Crippen LogP contribution in [0.4, 0.5) is 15.8 Å². The predicted octanol–water partition coefficient (Wildman–Crippen LogP) is 3.70. The summed E-state index contributed by atoms with van der Waals surface area (Å²) in [6, 6.07) is 14.9. The lowest BCUT2D eigenvalue weighted by atomic mass is 10.1. The number of anilines is 2. The Morgan fingerprint density at radius 1 is 1.12 bits per heavy atom. The van der Waals surface area contributed by atoms with E-state index in [0.29, 0.717) is 18.1 Å². The van der Waals surface area contributed by atoms with Crippen LogP contribution in [0.5, 0.6) is 5.75 Å². The minimum atomic E-state index is -1.80. The monoisotopic (exact) mass is 458 g/mol. The van der Waals surface area contributed by atoms with Gasteiger partial charge in [-0.1, -0.05) is 21.4 Å². The zero-order valence-electron chi connectivity index (χ0n) is 18.1. The molecule has 0 spiro atoms. The van der Waals surface area contributed by atoms with Crippen LogP contribution in [0.15, 0.2) is 48.5 Å². The Balaban J connectivity index is 1.39. The first-order valence-electron chi connectivity index (χ1n) is 10.7. The summed E-state index contributed by atoms with van der Waals surface area (Å²) in [5, 5.41) is 16.4. The molecule has 3 aromatic rings. The molecule has 10 heteroatoms. The van der Waals surface area contributed by atoms with Crippen molar-refractivity contribution in [3.63, 3.8) is 0 Å². The van der Waals surface area contributed by atoms with Crippen LogP contribution in [0.1, 0.15) is 13.3 Å². The Labute approximate surface area is 189 Å². The number of aryl methyl sites for hydroxylation is 1. The van der Waals surface area contributed by atoms with Crippen LogP contribution in [0, 0.1) is 0 Å². The van der Waals surface area contributed by atoms with Crippen molar-refractivity contribution in [2.24, 2.45) is 0 Å². The fourth-order valence-electron chi connectivity index (χ4n) is 3.49. The van der Waals surface area contributed by atoms with Crippen LogP contribution in [0.25, 0.3) is 11.4 Å². The van der Waals surface area contributed by atoms with Gasteiger partial charge in [-0.3, -0.25) is 4.90 Å². The van der Waals surface area contributed by atoms with E-state index < -0.39 is 5.60 Å². The molecule has 32 heavy (non-hydrogen) atoms. The largest absolute Gasteiger partial charge is 0.455 e. The molecule has 0 amide bonds. The highest BCUT2D eigenvalue weighted by molar-refractivity contribution is 7.18. The molecule has 2 aromatic carbocycles. The number of halogens is 1. The highest BCUT2D eigenvalue weighted by atomic mass is 31.0. The number of nitrogens with zero attached hydrogens (tertiary/aromatic N) is 5. The molecule has 1 aromatic heterocycles. The Kier molecular flexibility index (Phi) is 7.29. The fraction of sp³-hybridized carbons (Fsp3) is 0.409. The number of benzene rings is 2. The molecule has 1 aliphatic rings. The number of morpholine rings is 1. The number of aromatic nitrogens is 4. The van der Waals surface area contributed by atoms with Gasteiger partial charge in [0.2, 0.25) is 5.82 Å². The first-order valence-corrected chi connectivity index (χ1v) is 11.3. The van der Waals surface area contributed by atoms with Crippen molar-refractivity contribution in [1.82, 2.24) is 25.1 Å². The second-order valence-electron chi connectivity index (χ2n) is 7.80. The Bertz CT molecular complexity index is 1000. The summed E-state index contributed by atoms with van der Waals surface area (Å²) < 4.78 is 24.2. The van der Waals surface area contributed by atoms with E-state index >= 15 is 0 Å². The summed E-state index contributed by atoms with van der Waals surface area (Å²) in [7, 11) is 2.02. The normalized spacial score (nSPS) is 16.5. The molecule has 0 saturated carbocycles. The number of alkyl halides is 1. The van der Waals surface area contributed by atoms with E-state index in [4.69, 9.17) is 9.47 Å². The van der Waals surface area contributed by atoms with Gasteiger partial charge < -0.3 is 14.8 Å². The number of hydrogen-bond acceptors (Lipinski definition) is 7. The van der Waals surface area contributed by atoms with Gasteiger partial charge in [-0.2, -0.15) is 9.19 Å². The number of ether oxygens (including phenoxy) is 2. The summed E-state index contributed by atoms with van der Waals surface area (Å²) in [5.74, 6) is 1.01. The van der Waals surface area contributed by atoms with Crippen LogP contribution in [-0.2, 0) is 11.3 Å². The molecule has 1 aliphatic heterocycles. The molecule has 1 N–H and O–H groups in total.